The Hall–Kier alpha value is -1.63. The lowest BCUT2D eigenvalue weighted by Crippen LogP contribution is -2.40. The zero-order chi connectivity index (χ0) is 20.9. The van der Waals surface area contributed by atoms with Crippen LogP contribution in [0.2, 0.25) is 0 Å². The summed E-state index contributed by atoms with van der Waals surface area (Å²) in [6, 6.07) is 2.67. The van der Waals surface area contributed by atoms with Gasteiger partial charge in [0, 0.05) is 38.3 Å². The van der Waals surface area contributed by atoms with Crippen molar-refractivity contribution in [2.45, 2.75) is 77.7 Å². The zero-order valence-electron chi connectivity index (χ0n) is 18.7. The van der Waals surface area contributed by atoms with E-state index in [1.165, 1.54) is 57.8 Å². The minimum atomic E-state index is 0.479. The third-order valence-corrected chi connectivity index (χ3v) is 7.05. The molecule has 1 aromatic rings. The first kappa shape index (κ1) is 21.6. The fraction of sp³-hybridized carbons (Fsp3) is 0.783. The number of thiocarbonyl (C=S) groups is 1. The highest BCUT2D eigenvalue weighted by molar-refractivity contribution is 7.80. The predicted molar refractivity (Wildman–Crippen MR) is 129 cm³/mol. The summed E-state index contributed by atoms with van der Waals surface area (Å²) in [5.74, 6) is 4.11. The fourth-order valence-electron chi connectivity index (χ4n) is 5.17. The summed E-state index contributed by atoms with van der Waals surface area (Å²) in [5, 5.41) is 7.46. The molecule has 3 aliphatic rings. The van der Waals surface area contributed by atoms with Crippen molar-refractivity contribution < 1.29 is 0 Å². The number of nitrogens with zero attached hydrogens (tertiary/aromatic N) is 4. The van der Waals surface area contributed by atoms with Gasteiger partial charge >= 0.3 is 0 Å². The minimum absolute atomic E-state index is 0.479. The van der Waals surface area contributed by atoms with Crippen molar-refractivity contribution in [2.75, 3.05) is 41.3 Å². The van der Waals surface area contributed by atoms with Gasteiger partial charge < -0.3 is 20.4 Å². The second-order valence-electron chi connectivity index (χ2n) is 9.73. The van der Waals surface area contributed by atoms with Crippen molar-refractivity contribution in [2.24, 2.45) is 11.8 Å². The first-order valence-electron chi connectivity index (χ1n) is 12.0. The van der Waals surface area contributed by atoms with Crippen LogP contribution in [0.1, 0.15) is 71.6 Å². The molecule has 4 rings (SSSR count). The van der Waals surface area contributed by atoms with E-state index < -0.39 is 0 Å². The van der Waals surface area contributed by atoms with Crippen LogP contribution >= 0.6 is 12.2 Å². The van der Waals surface area contributed by atoms with E-state index in [9.17, 15) is 0 Å². The van der Waals surface area contributed by atoms with Crippen LogP contribution in [0.15, 0.2) is 6.07 Å². The van der Waals surface area contributed by atoms with E-state index in [1.54, 1.807) is 0 Å². The summed E-state index contributed by atoms with van der Waals surface area (Å²) in [6.07, 6.45) is 11.4. The zero-order valence-corrected chi connectivity index (χ0v) is 19.5. The Kier molecular flexibility index (Phi) is 7.28. The smallest absolute Gasteiger partial charge is 0.232 e. The van der Waals surface area contributed by atoms with E-state index in [1.807, 2.05) is 0 Å². The molecule has 1 aromatic heterocycles. The van der Waals surface area contributed by atoms with Gasteiger partial charge in [0.25, 0.3) is 0 Å². The number of nitrogens with one attached hydrogen (secondary N) is 2. The van der Waals surface area contributed by atoms with E-state index >= 15 is 0 Å². The molecule has 7 heteroatoms. The van der Waals surface area contributed by atoms with Crippen LogP contribution < -0.4 is 20.4 Å². The molecule has 1 saturated carbocycles. The maximum Gasteiger partial charge on any atom is 0.232 e. The molecular weight excluding hydrogens is 392 g/mol. The van der Waals surface area contributed by atoms with E-state index in [-0.39, 0.29) is 0 Å². The molecule has 0 amide bonds. The van der Waals surface area contributed by atoms with E-state index in [4.69, 9.17) is 22.2 Å². The van der Waals surface area contributed by atoms with Gasteiger partial charge in [-0.3, -0.25) is 0 Å². The van der Waals surface area contributed by atoms with Crippen LogP contribution in [0.4, 0.5) is 17.6 Å². The lowest BCUT2D eigenvalue weighted by atomic mass is 9.96. The van der Waals surface area contributed by atoms with Crippen LogP contribution in [0.25, 0.3) is 0 Å². The third kappa shape index (κ3) is 5.74. The predicted octanol–water partition coefficient (Wildman–Crippen LogP) is 4.57. The van der Waals surface area contributed by atoms with Gasteiger partial charge in [-0.15, -0.1) is 0 Å². The monoisotopic (exact) mass is 430 g/mol. The number of hydrogen-bond donors (Lipinski definition) is 2. The third-order valence-electron chi connectivity index (χ3n) is 6.83. The van der Waals surface area contributed by atoms with Crippen LogP contribution in [0.5, 0.6) is 0 Å². The van der Waals surface area contributed by atoms with Crippen LogP contribution in [-0.4, -0.2) is 47.3 Å². The highest BCUT2D eigenvalue weighted by Gasteiger charge is 2.23. The molecule has 0 bridgehead atoms. The molecule has 0 aromatic carbocycles. The minimum Gasteiger partial charge on any atom is -0.360 e. The quantitative estimate of drug-likeness (QED) is 0.679. The highest BCUT2D eigenvalue weighted by atomic mass is 32.1. The second kappa shape index (κ2) is 10.1. The molecular formula is C23H38N6S. The number of rotatable bonds is 4. The first-order chi connectivity index (χ1) is 14.6. The summed E-state index contributed by atoms with van der Waals surface area (Å²) >= 11 is 5.62. The molecule has 0 radical (unpaired) electrons. The van der Waals surface area contributed by atoms with Crippen molar-refractivity contribution >= 4 is 34.9 Å². The number of hydrogen-bond acceptors (Lipinski definition) is 5. The number of aromatic nitrogens is 2. The molecule has 0 unspecified atom stereocenters. The Bertz CT molecular complexity index is 679. The molecule has 166 valence electrons. The van der Waals surface area contributed by atoms with Gasteiger partial charge in [0.05, 0.1) is 0 Å². The van der Waals surface area contributed by atoms with Crippen LogP contribution in [-0.2, 0) is 0 Å². The molecule has 3 fully saturated rings. The van der Waals surface area contributed by atoms with E-state index in [2.05, 4.69) is 40.3 Å². The Labute approximate surface area is 187 Å². The molecule has 6 nitrogen and oxygen atoms in total. The number of piperidine rings is 2. The van der Waals surface area contributed by atoms with Gasteiger partial charge in [-0.1, -0.05) is 33.1 Å². The van der Waals surface area contributed by atoms with E-state index in [0.29, 0.717) is 28.9 Å². The second-order valence-corrected chi connectivity index (χ2v) is 10.1. The molecule has 3 heterocycles. The van der Waals surface area contributed by atoms with Gasteiger partial charge in [-0.05, 0) is 62.6 Å². The fourth-order valence-corrected chi connectivity index (χ4v) is 5.42. The molecule has 0 spiro atoms. The maximum absolute atomic E-state index is 5.62. The maximum atomic E-state index is 5.62. The Balaban J connectivity index is 1.52. The topological polar surface area (TPSA) is 56.3 Å². The Morgan fingerprint density at radius 2 is 1.43 bits per heavy atom. The van der Waals surface area contributed by atoms with E-state index in [0.717, 1.165) is 37.8 Å². The van der Waals surface area contributed by atoms with Crippen LogP contribution in [0.3, 0.4) is 0 Å². The summed E-state index contributed by atoms with van der Waals surface area (Å²) in [5.41, 5.74) is 0. The molecule has 2 aliphatic heterocycles. The van der Waals surface area contributed by atoms with Gasteiger partial charge in [0.1, 0.15) is 11.6 Å². The van der Waals surface area contributed by atoms with Crippen molar-refractivity contribution in [3.63, 3.8) is 0 Å². The lowest BCUT2D eigenvalue weighted by molar-refractivity contribution is 0.414. The molecule has 30 heavy (non-hydrogen) atoms. The summed E-state index contributed by atoms with van der Waals surface area (Å²) < 4.78 is 0. The summed E-state index contributed by atoms with van der Waals surface area (Å²) in [4.78, 5) is 14.6. The Morgan fingerprint density at radius 3 is 1.97 bits per heavy atom. The average Bonchev–Trinajstić information content (AvgIpc) is 2.74. The summed E-state index contributed by atoms with van der Waals surface area (Å²) in [6.45, 7) is 8.95. The molecule has 2 N–H and O–H groups in total. The first-order valence-corrected chi connectivity index (χ1v) is 12.4. The standard InChI is InChI=1S/C23H38N6S/c1-17-8-6-12-28(15-17)20-14-21(29-13-7-9-18(2)16-29)26-22(25-20)27-23(30)24-19-10-4-3-5-11-19/h14,17-19H,3-13,15-16H2,1-2H3,(H2,24,25,26,27,30)/t17-,18-/m0/s1. The van der Waals surface area contributed by atoms with Crippen molar-refractivity contribution in [1.29, 1.82) is 0 Å². The average molecular weight is 431 g/mol. The largest absolute Gasteiger partial charge is 0.360 e. The van der Waals surface area contributed by atoms with Crippen molar-refractivity contribution in [1.82, 2.24) is 15.3 Å². The van der Waals surface area contributed by atoms with Crippen molar-refractivity contribution in [3.05, 3.63) is 6.07 Å². The lowest BCUT2D eigenvalue weighted by Gasteiger charge is -2.35. The highest BCUT2D eigenvalue weighted by Crippen LogP contribution is 2.28. The van der Waals surface area contributed by atoms with Crippen molar-refractivity contribution in [3.8, 4) is 0 Å². The summed E-state index contributed by atoms with van der Waals surface area (Å²) in [7, 11) is 0. The molecule has 1 aliphatic carbocycles. The molecule has 2 saturated heterocycles. The van der Waals surface area contributed by atoms with Gasteiger partial charge in [0.15, 0.2) is 5.11 Å². The SMILES string of the molecule is C[C@H]1CCCN(c2cc(N3CCC[C@H](C)C3)nc(NC(=S)NC3CCCCC3)n2)C1. The van der Waals surface area contributed by atoms with Crippen LogP contribution in [0, 0.1) is 11.8 Å². The normalized spacial score (nSPS) is 25.8. The number of anilines is 3. The molecule has 2 atom stereocenters. The Morgan fingerprint density at radius 1 is 0.867 bits per heavy atom. The van der Waals surface area contributed by atoms with Gasteiger partial charge in [-0.25, -0.2) is 0 Å². The van der Waals surface area contributed by atoms with Gasteiger partial charge in [-0.2, -0.15) is 9.97 Å². The van der Waals surface area contributed by atoms with Gasteiger partial charge in [0.2, 0.25) is 5.95 Å².